The average Bonchev–Trinajstić information content (AvgIpc) is 2.93. The van der Waals surface area contributed by atoms with Crippen LogP contribution in [0.3, 0.4) is 0 Å². The van der Waals surface area contributed by atoms with Gasteiger partial charge in [-0.15, -0.1) is 0 Å². The quantitative estimate of drug-likeness (QED) is 0.838. The lowest BCUT2D eigenvalue weighted by Crippen LogP contribution is -2.34. The first kappa shape index (κ1) is 10.7. The van der Waals surface area contributed by atoms with Gasteiger partial charge in [0.25, 0.3) is 0 Å². The van der Waals surface area contributed by atoms with Gasteiger partial charge in [-0.2, -0.15) is 5.10 Å². The first-order valence-corrected chi connectivity index (χ1v) is 5.52. The zero-order valence-corrected chi connectivity index (χ0v) is 9.45. The molecule has 1 saturated carbocycles. The number of carboxylic acid groups (broad SMARTS) is 1. The second-order valence-corrected chi connectivity index (χ2v) is 4.25. The third-order valence-electron chi connectivity index (χ3n) is 3.02. The monoisotopic (exact) mass is 245 g/mol. The second kappa shape index (κ2) is 3.80. The second-order valence-electron chi connectivity index (χ2n) is 4.25. The van der Waals surface area contributed by atoms with Crippen LogP contribution in [0.25, 0.3) is 5.69 Å². The van der Waals surface area contributed by atoms with Crippen LogP contribution in [0, 0.1) is 0 Å². The molecule has 2 N–H and O–H groups in total. The predicted octanol–water partition coefficient (Wildman–Crippen LogP) is 0.919. The highest BCUT2D eigenvalue weighted by Gasteiger charge is 2.47. The summed E-state index contributed by atoms with van der Waals surface area (Å²) in [7, 11) is 0. The third-order valence-corrected chi connectivity index (χ3v) is 3.02. The Morgan fingerprint density at radius 3 is 2.78 bits per heavy atom. The zero-order chi connectivity index (χ0) is 12.6. The van der Waals surface area contributed by atoms with Crippen LogP contribution in [0.1, 0.15) is 18.5 Å². The van der Waals surface area contributed by atoms with E-state index in [-0.39, 0.29) is 0 Å². The molecule has 2 aromatic heterocycles. The number of amides is 1. The molecular formula is C11H11N5O2. The summed E-state index contributed by atoms with van der Waals surface area (Å²) in [4.78, 5) is 18.9. The van der Waals surface area contributed by atoms with E-state index >= 15 is 0 Å². The zero-order valence-electron chi connectivity index (χ0n) is 9.45. The van der Waals surface area contributed by atoms with Crippen LogP contribution in [0.4, 0.5) is 4.79 Å². The van der Waals surface area contributed by atoms with Crippen molar-refractivity contribution in [2.45, 2.75) is 18.4 Å². The normalized spacial score (nSPS) is 16.2. The fourth-order valence-electron chi connectivity index (χ4n) is 1.92. The van der Waals surface area contributed by atoms with Gasteiger partial charge in [-0.1, -0.05) is 0 Å². The lowest BCUT2D eigenvalue weighted by molar-refractivity contribution is 0.188. The van der Waals surface area contributed by atoms with Crippen LogP contribution >= 0.6 is 0 Å². The summed E-state index contributed by atoms with van der Waals surface area (Å²) in [6.45, 7) is 0. The van der Waals surface area contributed by atoms with Crippen molar-refractivity contribution in [3.63, 3.8) is 0 Å². The van der Waals surface area contributed by atoms with Crippen LogP contribution in [0.5, 0.6) is 0 Å². The van der Waals surface area contributed by atoms with Gasteiger partial charge in [-0.25, -0.2) is 14.5 Å². The van der Waals surface area contributed by atoms with Gasteiger partial charge in [0.2, 0.25) is 0 Å². The molecule has 2 heterocycles. The van der Waals surface area contributed by atoms with E-state index in [9.17, 15) is 4.79 Å². The largest absolute Gasteiger partial charge is 0.465 e. The van der Waals surface area contributed by atoms with Crippen molar-refractivity contribution in [1.82, 2.24) is 25.1 Å². The topological polar surface area (TPSA) is 92.9 Å². The minimum absolute atomic E-state index is 0.493. The van der Waals surface area contributed by atoms with Gasteiger partial charge in [0, 0.05) is 0 Å². The van der Waals surface area contributed by atoms with Crippen molar-refractivity contribution in [2.24, 2.45) is 0 Å². The van der Waals surface area contributed by atoms with Crippen molar-refractivity contribution >= 4 is 6.09 Å². The highest BCUT2D eigenvalue weighted by atomic mass is 16.4. The molecular weight excluding hydrogens is 234 g/mol. The molecule has 92 valence electrons. The number of pyridine rings is 1. The molecule has 1 aliphatic rings. The number of rotatable bonds is 3. The molecule has 7 nitrogen and oxygen atoms in total. The summed E-state index contributed by atoms with van der Waals surface area (Å²) in [6.07, 6.45) is 5.24. The van der Waals surface area contributed by atoms with Crippen LogP contribution in [0.2, 0.25) is 0 Å². The molecule has 0 aromatic carbocycles. The fourth-order valence-corrected chi connectivity index (χ4v) is 1.92. The lowest BCUT2D eigenvalue weighted by Gasteiger charge is -2.14. The predicted molar refractivity (Wildman–Crippen MR) is 61.2 cm³/mol. The average molecular weight is 245 g/mol. The molecule has 0 spiro atoms. The Labute approximate surface area is 102 Å². The molecule has 7 heteroatoms. The molecule has 0 aliphatic heterocycles. The summed E-state index contributed by atoms with van der Waals surface area (Å²) in [5.41, 5.74) is 1.04. The van der Waals surface area contributed by atoms with E-state index in [2.05, 4.69) is 20.4 Å². The van der Waals surface area contributed by atoms with Gasteiger partial charge in [0.1, 0.15) is 12.7 Å². The Bertz CT molecular complexity index is 560. The molecule has 0 radical (unpaired) electrons. The van der Waals surface area contributed by atoms with E-state index in [4.69, 9.17) is 5.11 Å². The van der Waals surface area contributed by atoms with Crippen molar-refractivity contribution in [3.05, 3.63) is 36.7 Å². The van der Waals surface area contributed by atoms with Crippen LogP contribution in [-0.2, 0) is 5.54 Å². The molecule has 1 fully saturated rings. The molecule has 1 aliphatic carbocycles. The molecule has 0 atom stereocenters. The molecule has 1 amide bonds. The Kier molecular flexibility index (Phi) is 2.26. The van der Waals surface area contributed by atoms with Crippen molar-refractivity contribution in [2.75, 3.05) is 0 Å². The first-order valence-electron chi connectivity index (χ1n) is 5.52. The fraction of sp³-hybridized carbons (Fsp3) is 0.273. The summed E-state index contributed by atoms with van der Waals surface area (Å²) in [5.74, 6) is 0. The first-order chi connectivity index (χ1) is 8.70. The van der Waals surface area contributed by atoms with Gasteiger partial charge >= 0.3 is 6.09 Å². The minimum Gasteiger partial charge on any atom is -0.465 e. The summed E-state index contributed by atoms with van der Waals surface area (Å²) >= 11 is 0. The summed E-state index contributed by atoms with van der Waals surface area (Å²) < 4.78 is 1.60. The Hall–Kier alpha value is -2.44. The van der Waals surface area contributed by atoms with Crippen molar-refractivity contribution in [3.8, 4) is 5.69 Å². The number of aromatic nitrogens is 4. The van der Waals surface area contributed by atoms with E-state index < -0.39 is 11.6 Å². The maximum Gasteiger partial charge on any atom is 0.405 e. The standard InChI is InChI=1S/C11H11N5O2/c17-10(18)15-11(3-4-11)9-2-1-8(5-13-9)16-7-12-6-14-16/h1-2,5-7,15H,3-4H2,(H,17,18). The highest BCUT2D eigenvalue weighted by Crippen LogP contribution is 2.44. The Balaban J connectivity index is 1.86. The Morgan fingerprint density at radius 1 is 1.44 bits per heavy atom. The third kappa shape index (κ3) is 1.79. The maximum atomic E-state index is 10.7. The van der Waals surface area contributed by atoms with Crippen LogP contribution < -0.4 is 5.32 Å². The number of hydrogen-bond acceptors (Lipinski definition) is 4. The smallest absolute Gasteiger partial charge is 0.405 e. The van der Waals surface area contributed by atoms with Gasteiger partial charge in [-0.3, -0.25) is 4.98 Å². The lowest BCUT2D eigenvalue weighted by atomic mass is 10.1. The number of nitrogens with zero attached hydrogens (tertiary/aromatic N) is 4. The summed E-state index contributed by atoms with van der Waals surface area (Å²) in [6, 6.07) is 3.67. The SMILES string of the molecule is O=C(O)NC1(c2ccc(-n3cncn3)cn2)CC1. The number of carbonyl (C=O) groups is 1. The van der Waals surface area contributed by atoms with Gasteiger partial charge in [-0.05, 0) is 25.0 Å². The van der Waals surface area contributed by atoms with E-state index in [0.717, 1.165) is 24.2 Å². The Morgan fingerprint density at radius 2 is 2.28 bits per heavy atom. The van der Waals surface area contributed by atoms with Crippen LogP contribution in [0.15, 0.2) is 31.0 Å². The summed E-state index contributed by atoms with van der Waals surface area (Å²) in [5, 5.41) is 15.3. The number of hydrogen-bond donors (Lipinski definition) is 2. The molecule has 0 unspecified atom stereocenters. The van der Waals surface area contributed by atoms with E-state index in [1.54, 1.807) is 17.2 Å². The molecule has 3 rings (SSSR count). The number of nitrogens with one attached hydrogen (secondary N) is 1. The van der Waals surface area contributed by atoms with E-state index in [1.807, 2.05) is 12.1 Å². The molecule has 0 saturated heterocycles. The van der Waals surface area contributed by atoms with E-state index in [0.29, 0.717) is 0 Å². The van der Waals surface area contributed by atoms with Gasteiger partial charge in [0.05, 0.1) is 23.1 Å². The van der Waals surface area contributed by atoms with E-state index in [1.165, 1.54) is 6.33 Å². The maximum absolute atomic E-state index is 10.7. The molecule has 0 bridgehead atoms. The van der Waals surface area contributed by atoms with Crippen molar-refractivity contribution in [1.29, 1.82) is 0 Å². The van der Waals surface area contributed by atoms with Crippen LogP contribution in [-0.4, -0.2) is 30.9 Å². The molecule has 18 heavy (non-hydrogen) atoms. The minimum atomic E-state index is -1.02. The highest BCUT2D eigenvalue weighted by molar-refractivity contribution is 5.66. The van der Waals surface area contributed by atoms with Gasteiger partial charge < -0.3 is 10.4 Å². The van der Waals surface area contributed by atoms with Crippen molar-refractivity contribution < 1.29 is 9.90 Å². The van der Waals surface area contributed by atoms with Gasteiger partial charge in [0.15, 0.2) is 0 Å². The molecule has 2 aromatic rings.